The van der Waals surface area contributed by atoms with Gasteiger partial charge in [0.1, 0.15) is 0 Å². The molecule has 0 saturated heterocycles. The van der Waals surface area contributed by atoms with Crippen LogP contribution in [0, 0.1) is 27.7 Å². The van der Waals surface area contributed by atoms with Crippen molar-refractivity contribution in [2.75, 3.05) is 9.80 Å². The van der Waals surface area contributed by atoms with Gasteiger partial charge in [0, 0.05) is 62.8 Å². The first-order valence-corrected chi connectivity index (χ1v) is 29.1. The molecule has 0 amide bonds. The molecule has 0 saturated carbocycles. The molecule has 2 aromatic heterocycles. The molecule has 0 bridgehead atoms. The standard InChI is InChI=1S/C76H56N2S2/c1-49-43-59(44-50(2)75(49)77(69-27-15-11-23-63(69)55-19-7-5-8-20-55)61-37-31-53(32-38-61)57-35-41-73-67(47-57)65-25-13-17-29-71(65)79-73)60-45-51(3)76(52(4)46-60)78(70-28-16-12-24-64(70)56-21-9-6-10-22-56)62-39-33-54(34-40-62)58-36-42-74-68(48-58)66-26-14-18-30-72(66)80-74/h5-48H,1-4H3. The van der Waals surface area contributed by atoms with Gasteiger partial charge in [-0.2, -0.15) is 0 Å². The first-order chi connectivity index (χ1) is 39.3. The Morgan fingerprint density at radius 3 is 0.963 bits per heavy atom. The summed E-state index contributed by atoms with van der Waals surface area (Å²) in [6.45, 7) is 9.11. The lowest BCUT2D eigenvalue weighted by Crippen LogP contribution is -2.14. The molecule has 14 rings (SSSR count). The molecule has 0 spiro atoms. The fraction of sp³-hybridized carbons (Fsp3) is 0.0526. The third-order valence-corrected chi connectivity index (χ3v) is 18.2. The summed E-state index contributed by atoms with van der Waals surface area (Å²) < 4.78 is 5.28. The van der Waals surface area contributed by atoms with Gasteiger partial charge in [0.25, 0.3) is 0 Å². The summed E-state index contributed by atoms with van der Waals surface area (Å²) in [5.74, 6) is 0. The molecular weight excluding hydrogens is 1000 g/mol. The van der Waals surface area contributed by atoms with E-state index in [1.165, 1.54) is 130 Å². The van der Waals surface area contributed by atoms with Crippen LogP contribution in [-0.4, -0.2) is 0 Å². The highest BCUT2D eigenvalue weighted by atomic mass is 32.1. The summed E-state index contributed by atoms with van der Waals surface area (Å²) in [6, 6.07) is 98.4. The average Bonchev–Trinajstić information content (AvgIpc) is 4.12. The quantitative estimate of drug-likeness (QED) is 0.127. The molecule has 0 radical (unpaired) electrons. The fourth-order valence-electron chi connectivity index (χ4n) is 12.2. The largest absolute Gasteiger partial charge is 0.309 e. The lowest BCUT2D eigenvalue weighted by molar-refractivity contribution is 1.21. The van der Waals surface area contributed by atoms with Gasteiger partial charge in [-0.25, -0.2) is 0 Å². The number of hydrogen-bond acceptors (Lipinski definition) is 4. The predicted molar refractivity (Wildman–Crippen MR) is 348 cm³/mol. The molecule has 382 valence electrons. The number of para-hydroxylation sites is 2. The lowest BCUT2D eigenvalue weighted by Gasteiger charge is -2.32. The molecule has 0 N–H and O–H groups in total. The van der Waals surface area contributed by atoms with Crippen molar-refractivity contribution in [1.82, 2.24) is 0 Å². The van der Waals surface area contributed by atoms with Crippen LogP contribution >= 0.6 is 22.7 Å². The fourth-order valence-corrected chi connectivity index (χ4v) is 14.4. The van der Waals surface area contributed by atoms with Crippen molar-refractivity contribution in [3.05, 3.63) is 289 Å². The van der Waals surface area contributed by atoms with Gasteiger partial charge in [-0.15, -0.1) is 22.7 Å². The van der Waals surface area contributed by atoms with E-state index in [0.717, 1.165) is 22.7 Å². The van der Waals surface area contributed by atoms with Crippen molar-refractivity contribution in [2.24, 2.45) is 0 Å². The zero-order valence-corrected chi connectivity index (χ0v) is 46.7. The minimum atomic E-state index is 1.11. The van der Waals surface area contributed by atoms with Gasteiger partial charge in [0.2, 0.25) is 0 Å². The van der Waals surface area contributed by atoms with Crippen molar-refractivity contribution < 1.29 is 0 Å². The van der Waals surface area contributed by atoms with E-state index in [2.05, 4.69) is 304 Å². The molecule has 0 atom stereocenters. The molecule has 14 aromatic rings. The minimum Gasteiger partial charge on any atom is -0.309 e. The number of rotatable bonds is 11. The van der Waals surface area contributed by atoms with E-state index in [1.807, 2.05) is 22.7 Å². The first kappa shape index (κ1) is 49.0. The first-order valence-electron chi connectivity index (χ1n) is 27.5. The summed E-state index contributed by atoms with van der Waals surface area (Å²) >= 11 is 3.72. The normalized spacial score (nSPS) is 11.5. The molecule has 0 unspecified atom stereocenters. The zero-order valence-electron chi connectivity index (χ0n) is 45.1. The number of benzene rings is 12. The van der Waals surface area contributed by atoms with Gasteiger partial charge in [-0.05, 0) is 192 Å². The highest BCUT2D eigenvalue weighted by Crippen LogP contribution is 2.48. The number of fused-ring (bicyclic) bond motifs is 6. The summed E-state index contributed by atoms with van der Waals surface area (Å²) in [7, 11) is 0. The number of anilines is 6. The summed E-state index contributed by atoms with van der Waals surface area (Å²) in [5, 5.41) is 5.25. The Bertz CT molecular complexity index is 4280. The van der Waals surface area contributed by atoms with Crippen molar-refractivity contribution in [3.8, 4) is 55.6 Å². The van der Waals surface area contributed by atoms with E-state index in [0.29, 0.717) is 0 Å². The smallest absolute Gasteiger partial charge is 0.0540 e. The van der Waals surface area contributed by atoms with Crippen LogP contribution < -0.4 is 9.80 Å². The van der Waals surface area contributed by atoms with Crippen LogP contribution in [0.2, 0.25) is 0 Å². The third kappa shape index (κ3) is 8.84. The molecule has 80 heavy (non-hydrogen) atoms. The van der Waals surface area contributed by atoms with E-state index < -0.39 is 0 Å². The number of hydrogen-bond donors (Lipinski definition) is 0. The van der Waals surface area contributed by atoms with Crippen molar-refractivity contribution in [3.63, 3.8) is 0 Å². The monoisotopic (exact) mass is 1060 g/mol. The number of nitrogens with zero attached hydrogens (tertiary/aromatic N) is 2. The molecule has 0 fully saturated rings. The van der Waals surface area contributed by atoms with Crippen molar-refractivity contribution in [1.29, 1.82) is 0 Å². The number of thiophene rings is 2. The van der Waals surface area contributed by atoms with Crippen LogP contribution in [0.25, 0.3) is 96.0 Å². The third-order valence-electron chi connectivity index (χ3n) is 15.9. The summed E-state index contributed by atoms with van der Waals surface area (Å²) in [4.78, 5) is 4.96. The van der Waals surface area contributed by atoms with E-state index >= 15 is 0 Å². The Morgan fingerprint density at radius 2 is 0.562 bits per heavy atom. The van der Waals surface area contributed by atoms with Crippen LogP contribution in [0.4, 0.5) is 34.1 Å². The molecule has 4 heteroatoms. The van der Waals surface area contributed by atoms with Crippen LogP contribution in [0.1, 0.15) is 22.3 Å². The highest BCUT2D eigenvalue weighted by Gasteiger charge is 2.25. The van der Waals surface area contributed by atoms with Gasteiger partial charge in [-0.3, -0.25) is 0 Å². The average molecular weight is 1060 g/mol. The van der Waals surface area contributed by atoms with Gasteiger partial charge < -0.3 is 9.80 Å². The predicted octanol–water partition coefficient (Wildman–Crippen LogP) is 22.9. The van der Waals surface area contributed by atoms with Gasteiger partial charge >= 0.3 is 0 Å². The Balaban J connectivity index is 0.856. The minimum absolute atomic E-state index is 1.11. The summed E-state index contributed by atoms with van der Waals surface area (Å²) in [6.07, 6.45) is 0. The molecule has 2 heterocycles. The molecular formula is C76H56N2S2. The maximum Gasteiger partial charge on any atom is 0.0540 e. The second-order valence-corrected chi connectivity index (χ2v) is 23.2. The van der Waals surface area contributed by atoms with Crippen LogP contribution in [-0.2, 0) is 0 Å². The topological polar surface area (TPSA) is 6.48 Å². The van der Waals surface area contributed by atoms with E-state index in [-0.39, 0.29) is 0 Å². The van der Waals surface area contributed by atoms with E-state index in [4.69, 9.17) is 0 Å². The van der Waals surface area contributed by atoms with Crippen molar-refractivity contribution in [2.45, 2.75) is 27.7 Å². The molecule has 0 aliphatic heterocycles. The van der Waals surface area contributed by atoms with E-state index in [9.17, 15) is 0 Å². The second-order valence-electron chi connectivity index (χ2n) is 21.1. The van der Waals surface area contributed by atoms with Crippen LogP contribution in [0.3, 0.4) is 0 Å². The van der Waals surface area contributed by atoms with E-state index in [1.54, 1.807) is 0 Å². The van der Waals surface area contributed by atoms with Crippen LogP contribution in [0.15, 0.2) is 267 Å². The second kappa shape index (κ2) is 20.5. The Kier molecular flexibility index (Phi) is 12.5. The molecule has 2 nitrogen and oxygen atoms in total. The molecule has 0 aliphatic rings. The number of aryl methyl sites for hydroxylation is 4. The lowest BCUT2D eigenvalue weighted by atomic mass is 9.93. The Hall–Kier alpha value is -9.32. The van der Waals surface area contributed by atoms with Crippen LogP contribution in [0.5, 0.6) is 0 Å². The Morgan fingerprint density at radius 1 is 0.237 bits per heavy atom. The maximum atomic E-state index is 2.48. The van der Waals surface area contributed by atoms with Gasteiger partial charge in [-0.1, -0.05) is 170 Å². The highest BCUT2D eigenvalue weighted by molar-refractivity contribution is 7.26. The van der Waals surface area contributed by atoms with Gasteiger partial charge in [0.15, 0.2) is 0 Å². The summed E-state index contributed by atoms with van der Waals surface area (Å²) in [5.41, 5.74) is 23.6. The molecule has 12 aromatic carbocycles. The Labute approximate surface area is 476 Å². The maximum absolute atomic E-state index is 2.48. The van der Waals surface area contributed by atoms with Gasteiger partial charge in [0.05, 0.1) is 22.7 Å². The zero-order chi connectivity index (χ0) is 53.8. The SMILES string of the molecule is Cc1cc(-c2cc(C)c(N(c3ccc(-c4ccc5sc6ccccc6c5c4)cc3)c3ccccc3-c3ccccc3)c(C)c2)cc(C)c1N(c1ccc(-c2ccc3sc4ccccc4c3c2)cc1)c1ccccc1-c1ccccc1. The van der Waals surface area contributed by atoms with Crippen molar-refractivity contribution >= 4 is 97.1 Å². The molecule has 0 aliphatic carbocycles.